The SMILES string of the molecule is CCNC(=O)c1cccc(NC(=O)c2cc3cc(Cl)ccc3nc2C)c1. The van der Waals surface area contributed by atoms with Gasteiger partial charge in [0.05, 0.1) is 16.8 Å². The van der Waals surface area contributed by atoms with Gasteiger partial charge in [-0.05, 0) is 56.3 Å². The number of carbonyl (C=O) groups excluding carboxylic acids is 2. The van der Waals surface area contributed by atoms with Crippen LogP contribution < -0.4 is 10.6 Å². The first-order chi connectivity index (χ1) is 12.5. The van der Waals surface area contributed by atoms with Crippen LogP contribution in [0.3, 0.4) is 0 Å². The summed E-state index contributed by atoms with van der Waals surface area (Å²) in [6, 6.07) is 13.9. The molecule has 6 heteroatoms. The normalized spacial score (nSPS) is 10.6. The lowest BCUT2D eigenvalue weighted by Crippen LogP contribution is -2.22. The van der Waals surface area contributed by atoms with Crippen molar-refractivity contribution in [2.75, 3.05) is 11.9 Å². The molecule has 0 unspecified atom stereocenters. The first kappa shape index (κ1) is 17.9. The average molecular weight is 368 g/mol. The zero-order valence-corrected chi connectivity index (χ0v) is 15.2. The molecular formula is C20H18ClN3O2. The summed E-state index contributed by atoms with van der Waals surface area (Å²) in [6.45, 7) is 4.18. The number of anilines is 1. The van der Waals surface area contributed by atoms with Crippen molar-refractivity contribution in [2.45, 2.75) is 13.8 Å². The van der Waals surface area contributed by atoms with Gasteiger partial charge >= 0.3 is 0 Å². The summed E-state index contributed by atoms with van der Waals surface area (Å²) >= 11 is 6.03. The van der Waals surface area contributed by atoms with Crippen LogP contribution in [0.5, 0.6) is 0 Å². The third kappa shape index (κ3) is 3.83. The Hall–Kier alpha value is -2.92. The molecular weight excluding hydrogens is 350 g/mol. The predicted molar refractivity (Wildman–Crippen MR) is 104 cm³/mol. The van der Waals surface area contributed by atoms with Gasteiger partial charge in [-0.25, -0.2) is 0 Å². The molecule has 2 N–H and O–H groups in total. The minimum absolute atomic E-state index is 0.179. The highest BCUT2D eigenvalue weighted by Crippen LogP contribution is 2.21. The first-order valence-corrected chi connectivity index (χ1v) is 8.62. The van der Waals surface area contributed by atoms with E-state index in [9.17, 15) is 9.59 Å². The van der Waals surface area contributed by atoms with Gasteiger partial charge in [-0.1, -0.05) is 17.7 Å². The number of fused-ring (bicyclic) bond motifs is 1. The fourth-order valence-electron chi connectivity index (χ4n) is 2.67. The van der Waals surface area contributed by atoms with Crippen LogP contribution >= 0.6 is 11.6 Å². The molecule has 26 heavy (non-hydrogen) atoms. The molecule has 0 aliphatic carbocycles. The number of aromatic nitrogens is 1. The summed E-state index contributed by atoms with van der Waals surface area (Å²) in [6.07, 6.45) is 0. The van der Waals surface area contributed by atoms with Crippen molar-refractivity contribution in [2.24, 2.45) is 0 Å². The lowest BCUT2D eigenvalue weighted by atomic mass is 10.1. The van der Waals surface area contributed by atoms with Gasteiger partial charge in [0.1, 0.15) is 0 Å². The number of pyridine rings is 1. The second-order valence-electron chi connectivity index (χ2n) is 5.85. The Bertz CT molecular complexity index is 1000. The highest BCUT2D eigenvalue weighted by Gasteiger charge is 2.13. The van der Waals surface area contributed by atoms with E-state index >= 15 is 0 Å². The summed E-state index contributed by atoms with van der Waals surface area (Å²) in [5.74, 6) is -0.466. The number of hydrogen-bond donors (Lipinski definition) is 2. The third-order valence-corrected chi connectivity index (χ3v) is 4.17. The van der Waals surface area contributed by atoms with Gasteiger partial charge in [-0.3, -0.25) is 14.6 Å². The molecule has 132 valence electrons. The van der Waals surface area contributed by atoms with Crippen molar-refractivity contribution in [1.82, 2.24) is 10.3 Å². The van der Waals surface area contributed by atoms with E-state index in [-0.39, 0.29) is 11.8 Å². The molecule has 0 aliphatic rings. The predicted octanol–water partition coefficient (Wildman–Crippen LogP) is 4.20. The first-order valence-electron chi connectivity index (χ1n) is 8.24. The van der Waals surface area contributed by atoms with E-state index < -0.39 is 0 Å². The molecule has 0 bridgehead atoms. The second-order valence-corrected chi connectivity index (χ2v) is 6.29. The Labute approximate surface area is 156 Å². The van der Waals surface area contributed by atoms with E-state index in [1.54, 1.807) is 49.4 Å². The van der Waals surface area contributed by atoms with E-state index in [0.29, 0.717) is 34.1 Å². The number of carbonyl (C=O) groups is 2. The smallest absolute Gasteiger partial charge is 0.257 e. The van der Waals surface area contributed by atoms with Gasteiger partial charge in [0.25, 0.3) is 11.8 Å². The zero-order chi connectivity index (χ0) is 18.7. The highest BCUT2D eigenvalue weighted by atomic mass is 35.5. The summed E-state index contributed by atoms with van der Waals surface area (Å²) in [5.41, 5.74) is 2.90. The van der Waals surface area contributed by atoms with Crippen molar-refractivity contribution in [3.05, 3.63) is 70.4 Å². The van der Waals surface area contributed by atoms with E-state index in [1.165, 1.54) is 0 Å². The van der Waals surface area contributed by atoms with Crippen LogP contribution in [0.4, 0.5) is 5.69 Å². The van der Waals surface area contributed by atoms with Gasteiger partial charge in [0, 0.05) is 28.2 Å². The number of aryl methyl sites for hydroxylation is 1. The minimum Gasteiger partial charge on any atom is -0.352 e. The Morgan fingerprint density at radius 3 is 2.65 bits per heavy atom. The topological polar surface area (TPSA) is 71.1 Å². The van der Waals surface area contributed by atoms with Gasteiger partial charge < -0.3 is 10.6 Å². The molecule has 2 amide bonds. The standard InChI is InChI=1S/C20H18ClN3O2/c1-3-22-19(25)13-5-4-6-16(10-13)24-20(26)17-11-14-9-15(21)7-8-18(14)23-12(17)2/h4-11H,3H2,1-2H3,(H,22,25)(H,24,26). The maximum atomic E-state index is 12.7. The summed E-state index contributed by atoms with van der Waals surface area (Å²) in [5, 5.41) is 6.94. The minimum atomic E-state index is -0.287. The van der Waals surface area contributed by atoms with Crippen molar-refractivity contribution < 1.29 is 9.59 Å². The van der Waals surface area contributed by atoms with E-state index in [2.05, 4.69) is 15.6 Å². The van der Waals surface area contributed by atoms with Crippen LogP contribution in [-0.2, 0) is 0 Å². The molecule has 1 aromatic heterocycles. The van der Waals surface area contributed by atoms with Crippen LogP contribution in [0.1, 0.15) is 33.3 Å². The van der Waals surface area contributed by atoms with Crippen molar-refractivity contribution in [3.8, 4) is 0 Å². The number of hydrogen-bond acceptors (Lipinski definition) is 3. The highest BCUT2D eigenvalue weighted by molar-refractivity contribution is 6.31. The molecule has 3 rings (SSSR count). The molecule has 0 saturated carbocycles. The molecule has 0 aliphatic heterocycles. The number of benzene rings is 2. The monoisotopic (exact) mass is 367 g/mol. The summed E-state index contributed by atoms with van der Waals surface area (Å²) < 4.78 is 0. The zero-order valence-electron chi connectivity index (χ0n) is 14.5. The Morgan fingerprint density at radius 1 is 1.08 bits per heavy atom. The maximum Gasteiger partial charge on any atom is 0.257 e. The molecule has 2 aromatic carbocycles. The summed E-state index contributed by atoms with van der Waals surface area (Å²) in [7, 11) is 0. The Morgan fingerprint density at radius 2 is 1.88 bits per heavy atom. The Balaban J connectivity index is 1.88. The number of amides is 2. The van der Waals surface area contributed by atoms with Crippen LogP contribution in [-0.4, -0.2) is 23.3 Å². The number of nitrogens with one attached hydrogen (secondary N) is 2. The molecule has 0 radical (unpaired) electrons. The Kier molecular flexibility index (Phi) is 5.19. The van der Waals surface area contributed by atoms with E-state index in [4.69, 9.17) is 11.6 Å². The van der Waals surface area contributed by atoms with Crippen LogP contribution in [0.2, 0.25) is 5.02 Å². The largest absolute Gasteiger partial charge is 0.352 e. The fraction of sp³-hybridized carbons (Fsp3) is 0.150. The molecule has 3 aromatic rings. The number of halogens is 1. The van der Waals surface area contributed by atoms with Gasteiger partial charge in [-0.15, -0.1) is 0 Å². The second kappa shape index (κ2) is 7.54. The lowest BCUT2D eigenvalue weighted by molar-refractivity contribution is 0.0954. The van der Waals surface area contributed by atoms with Gasteiger partial charge in [-0.2, -0.15) is 0 Å². The molecule has 0 spiro atoms. The van der Waals surface area contributed by atoms with Gasteiger partial charge in [0.2, 0.25) is 0 Å². The number of nitrogens with zero attached hydrogens (tertiary/aromatic N) is 1. The van der Waals surface area contributed by atoms with Crippen LogP contribution in [0, 0.1) is 6.92 Å². The molecule has 5 nitrogen and oxygen atoms in total. The quantitative estimate of drug-likeness (QED) is 0.726. The van der Waals surface area contributed by atoms with Gasteiger partial charge in [0.15, 0.2) is 0 Å². The summed E-state index contributed by atoms with van der Waals surface area (Å²) in [4.78, 5) is 29.1. The maximum absolute atomic E-state index is 12.7. The lowest BCUT2D eigenvalue weighted by Gasteiger charge is -2.10. The average Bonchev–Trinajstić information content (AvgIpc) is 2.62. The molecule has 0 fully saturated rings. The third-order valence-electron chi connectivity index (χ3n) is 3.93. The van der Waals surface area contributed by atoms with Crippen LogP contribution in [0.25, 0.3) is 10.9 Å². The number of rotatable bonds is 4. The van der Waals surface area contributed by atoms with E-state index in [1.807, 2.05) is 13.0 Å². The van der Waals surface area contributed by atoms with Crippen LogP contribution in [0.15, 0.2) is 48.5 Å². The van der Waals surface area contributed by atoms with Crippen molar-refractivity contribution >= 4 is 40.0 Å². The van der Waals surface area contributed by atoms with Crippen molar-refractivity contribution in [1.29, 1.82) is 0 Å². The molecule has 1 heterocycles. The fourth-order valence-corrected chi connectivity index (χ4v) is 2.85. The van der Waals surface area contributed by atoms with E-state index in [0.717, 1.165) is 10.9 Å². The molecule has 0 saturated heterocycles. The molecule has 0 atom stereocenters. The van der Waals surface area contributed by atoms with Crippen molar-refractivity contribution in [3.63, 3.8) is 0 Å².